The molecule has 0 aliphatic rings. The molecule has 3 N–H and O–H groups in total. The monoisotopic (exact) mass is 640 g/mol. The molecule has 9 nitrogen and oxygen atoms in total. The molecule has 0 unspecified atom stereocenters. The number of oxime groups is 1. The van der Waals surface area contributed by atoms with E-state index in [0.717, 1.165) is 17.2 Å². The van der Waals surface area contributed by atoms with Crippen molar-refractivity contribution in [2.45, 2.75) is 51.1 Å². The first-order chi connectivity index (χ1) is 19.6. The van der Waals surface area contributed by atoms with E-state index in [1.54, 1.807) is 0 Å². The topological polar surface area (TPSA) is 127 Å². The number of hydrogen-bond donors (Lipinski definition) is 2. The summed E-state index contributed by atoms with van der Waals surface area (Å²) in [5, 5.41) is 14.9. The molecule has 0 bridgehead atoms. The van der Waals surface area contributed by atoms with Crippen molar-refractivity contribution in [1.29, 1.82) is 0 Å². The van der Waals surface area contributed by atoms with Crippen LogP contribution in [0.1, 0.15) is 57.3 Å². The number of nitrogens with zero attached hydrogens (tertiary/aromatic N) is 5. The van der Waals surface area contributed by atoms with Crippen molar-refractivity contribution in [2.75, 3.05) is 4.90 Å². The van der Waals surface area contributed by atoms with Gasteiger partial charge in [0, 0.05) is 5.69 Å². The first-order valence-electron chi connectivity index (χ1n) is 11.8. The minimum absolute atomic E-state index is 0.0601. The molecule has 232 valence electrons. The number of aryl methyl sites for hydroxylation is 1. The van der Waals surface area contributed by atoms with E-state index in [-0.39, 0.29) is 37.6 Å². The third-order valence-corrected chi connectivity index (χ3v) is 6.36. The average molecular weight is 641 g/mol. The summed E-state index contributed by atoms with van der Waals surface area (Å²) in [4.78, 5) is 29.4. The number of hydrogen-bond acceptors (Lipinski definition) is 6. The molecule has 1 aromatic heterocycles. The highest BCUT2D eigenvalue weighted by Crippen LogP contribution is 2.43. The van der Waals surface area contributed by atoms with Gasteiger partial charge in [-0.3, -0.25) is 14.5 Å². The van der Waals surface area contributed by atoms with E-state index in [9.17, 15) is 49.9 Å². The molecule has 18 heteroatoms. The zero-order valence-corrected chi connectivity index (χ0v) is 23.0. The van der Waals surface area contributed by atoms with Crippen LogP contribution in [0.25, 0.3) is 0 Å². The van der Waals surface area contributed by atoms with E-state index in [1.165, 1.54) is 51.1 Å². The quantitative estimate of drug-likeness (QED) is 0.136. The maximum absolute atomic E-state index is 13.9. The Morgan fingerprint density at radius 1 is 1.09 bits per heavy atom. The maximum Gasteiger partial charge on any atom is 0.461 e. The summed E-state index contributed by atoms with van der Waals surface area (Å²) in [6.45, 7) is 3.34. The Morgan fingerprint density at radius 2 is 1.72 bits per heavy atom. The number of anilines is 1. The Kier molecular flexibility index (Phi) is 8.83. The highest BCUT2D eigenvalue weighted by Gasteiger charge is 2.62. The number of primary amides is 1. The van der Waals surface area contributed by atoms with Gasteiger partial charge in [0.1, 0.15) is 0 Å². The molecular weight excluding hydrogens is 620 g/mol. The van der Waals surface area contributed by atoms with Crippen LogP contribution in [0.15, 0.2) is 41.6 Å². The SMILES string of the molecule is Cc1cc(Cn2nc(C(F)(F)C(F)(F)F)nc2C(F)(F)F)ccc1N(C(=O)c1c(Cl)cccc1C(N)=O)C(C)(C)C=NO. The highest BCUT2D eigenvalue weighted by molar-refractivity contribution is 6.36. The molecule has 43 heavy (non-hydrogen) atoms. The lowest BCUT2D eigenvalue weighted by Crippen LogP contribution is -2.50. The lowest BCUT2D eigenvalue weighted by Gasteiger charge is -2.37. The van der Waals surface area contributed by atoms with E-state index in [0.29, 0.717) is 0 Å². The molecule has 0 fully saturated rings. The van der Waals surface area contributed by atoms with Gasteiger partial charge in [0.05, 0.1) is 34.4 Å². The third-order valence-electron chi connectivity index (χ3n) is 6.04. The maximum atomic E-state index is 13.9. The van der Waals surface area contributed by atoms with Crippen molar-refractivity contribution < 1.29 is 49.9 Å². The number of carbonyl (C=O) groups is 2. The minimum atomic E-state index is -6.25. The fourth-order valence-electron chi connectivity index (χ4n) is 4.10. The van der Waals surface area contributed by atoms with E-state index in [4.69, 9.17) is 17.3 Å². The standard InChI is InChI=1S/C25H21ClF8N6O3/c1-12-9-13(10-39-21(24(29,30)31)37-20(38-39)23(27,28)25(32,33)34)7-8-16(12)40(22(2,3)11-36-43)19(42)17-14(18(35)41)5-4-6-15(17)26/h4-9,11,43H,10H2,1-3H3,(H2,35,41). The lowest BCUT2D eigenvalue weighted by molar-refractivity contribution is -0.292. The molecule has 2 amide bonds. The van der Waals surface area contributed by atoms with Gasteiger partial charge in [-0.05, 0) is 50.1 Å². The molecule has 0 aliphatic heterocycles. The van der Waals surface area contributed by atoms with Crippen LogP contribution < -0.4 is 10.6 Å². The summed E-state index contributed by atoms with van der Waals surface area (Å²) in [7, 11) is 0. The molecule has 2 aromatic carbocycles. The summed E-state index contributed by atoms with van der Waals surface area (Å²) >= 11 is 6.23. The van der Waals surface area contributed by atoms with Crippen molar-refractivity contribution in [3.63, 3.8) is 0 Å². The average Bonchev–Trinajstić information content (AvgIpc) is 3.29. The fourth-order valence-corrected chi connectivity index (χ4v) is 4.36. The van der Waals surface area contributed by atoms with Gasteiger partial charge in [-0.15, -0.1) is 5.10 Å². The largest absolute Gasteiger partial charge is 0.461 e. The Bertz CT molecular complexity index is 1580. The van der Waals surface area contributed by atoms with Crippen LogP contribution >= 0.6 is 11.6 Å². The molecule has 0 atom stereocenters. The van der Waals surface area contributed by atoms with Crippen LogP contribution in [-0.2, 0) is 18.6 Å². The van der Waals surface area contributed by atoms with Gasteiger partial charge >= 0.3 is 18.3 Å². The zero-order valence-electron chi connectivity index (χ0n) is 22.2. The number of rotatable bonds is 8. The van der Waals surface area contributed by atoms with Gasteiger partial charge in [0.25, 0.3) is 5.91 Å². The summed E-state index contributed by atoms with van der Waals surface area (Å²) in [6.07, 6.45) is -10.7. The van der Waals surface area contributed by atoms with Gasteiger partial charge in [0.15, 0.2) is 0 Å². The predicted octanol–water partition coefficient (Wildman–Crippen LogP) is 5.95. The van der Waals surface area contributed by atoms with Crippen molar-refractivity contribution in [3.8, 4) is 0 Å². The number of carbonyl (C=O) groups excluding carboxylic acids is 2. The number of alkyl halides is 8. The first-order valence-corrected chi connectivity index (χ1v) is 12.2. The van der Waals surface area contributed by atoms with Crippen molar-refractivity contribution >= 4 is 35.3 Å². The summed E-state index contributed by atoms with van der Waals surface area (Å²) in [6, 6.07) is 7.53. The summed E-state index contributed by atoms with van der Waals surface area (Å²) < 4.78 is 106. The molecule has 0 spiro atoms. The Morgan fingerprint density at radius 3 is 2.23 bits per heavy atom. The zero-order chi connectivity index (χ0) is 32.7. The molecule has 3 rings (SSSR count). The molecule has 0 aliphatic carbocycles. The summed E-state index contributed by atoms with van der Waals surface area (Å²) in [5.74, 6) is -12.1. The van der Waals surface area contributed by atoms with Gasteiger partial charge < -0.3 is 10.9 Å². The van der Waals surface area contributed by atoms with Crippen molar-refractivity contribution in [3.05, 3.63) is 75.3 Å². The third kappa shape index (κ3) is 6.55. The number of nitrogens with two attached hydrogens (primary N) is 1. The normalized spacial score (nSPS) is 13.0. The van der Waals surface area contributed by atoms with Gasteiger partial charge in [-0.25, -0.2) is 9.67 Å². The van der Waals surface area contributed by atoms with Crippen LogP contribution in [0.5, 0.6) is 0 Å². The van der Waals surface area contributed by atoms with E-state index in [1.807, 2.05) is 0 Å². The minimum Gasteiger partial charge on any atom is -0.411 e. The lowest BCUT2D eigenvalue weighted by atomic mass is 9.97. The highest BCUT2D eigenvalue weighted by atomic mass is 35.5. The smallest absolute Gasteiger partial charge is 0.411 e. The number of benzene rings is 2. The van der Waals surface area contributed by atoms with E-state index >= 15 is 0 Å². The predicted molar refractivity (Wildman–Crippen MR) is 136 cm³/mol. The fraction of sp³-hybridized carbons (Fsp3) is 0.320. The second-order valence-electron chi connectivity index (χ2n) is 9.67. The van der Waals surface area contributed by atoms with Crippen LogP contribution in [0.4, 0.5) is 40.8 Å². The van der Waals surface area contributed by atoms with E-state index in [2.05, 4.69) is 15.2 Å². The van der Waals surface area contributed by atoms with Crippen LogP contribution in [0, 0.1) is 6.92 Å². The van der Waals surface area contributed by atoms with Gasteiger partial charge in [0.2, 0.25) is 17.6 Å². The molecular formula is C25H21ClF8N6O3. The second kappa shape index (κ2) is 11.4. The molecule has 0 radical (unpaired) electrons. The number of aromatic nitrogens is 3. The van der Waals surface area contributed by atoms with Crippen LogP contribution in [0.3, 0.4) is 0 Å². The van der Waals surface area contributed by atoms with Gasteiger partial charge in [-0.1, -0.05) is 35.0 Å². The Hall–Kier alpha value is -4.28. The first kappa shape index (κ1) is 33.2. The molecule has 0 saturated heterocycles. The Balaban J connectivity index is 2.14. The number of amides is 2. The van der Waals surface area contributed by atoms with Crippen LogP contribution in [-0.4, -0.2) is 49.7 Å². The second-order valence-corrected chi connectivity index (χ2v) is 10.1. The van der Waals surface area contributed by atoms with Crippen LogP contribution in [0.2, 0.25) is 5.02 Å². The number of halogens is 9. The molecule has 1 heterocycles. The summed E-state index contributed by atoms with van der Waals surface area (Å²) in [5.41, 5.74) is 3.59. The molecule has 3 aromatic rings. The van der Waals surface area contributed by atoms with Crippen molar-refractivity contribution in [1.82, 2.24) is 14.8 Å². The Labute approximate surface area is 242 Å². The molecule has 0 saturated carbocycles. The van der Waals surface area contributed by atoms with Crippen molar-refractivity contribution in [2.24, 2.45) is 10.9 Å². The van der Waals surface area contributed by atoms with Gasteiger partial charge in [-0.2, -0.15) is 35.1 Å². The van der Waals surface area contributed by atoms with E-state index < -0.39 is 53.8 Å².